The van der Waals surface area contributed by atoms with Crippen LogP contribution >= 0.6 is 24.8 Å². The van der Waals surface area contributed by atoms with Crippen LogP contribution in [0.1, 0.15) is 45.5 Å². The Morgan fingerprint density at radius 2 is 2.00 bits per heavy atom. The normalized spacial score (nSPS) is 12.5. The molecule has 0 amide bonds. The highest BCUT2D eigenvalue weighted by atomic mass is 35.5. The maximum Gasteiger partial charge on any atom is 0.123 e. The molecule has 1 aromatic heterocycles. The predicted molar refractivity (Wildman–Crippen MR) is 68.7 cm³/mol. The summed E-state index contributed by atoms with van der Waals surface area (Å²) in [6.45, 7) is 6.67. The number of aromatic nitrogens is 2. The van der Waals surface area contributed by atoms with E-state index in [-0.39, 0.29) is 30.9 Å². The number of imidazole rings is 1. The average molecular weight is 254 g/mol. The molecule has 0 fully saturated rings. The number of aromatic amines is 1. The van der Waals surface area contributed by atoms with Gasteiger partial charge in [0.15, 0.2) is 0 Å². The standard InChI is InChI=1S/C10H19N3.2ClH/c1-10(2,3)5-4-8(11)9-12-6-7-13-9;;/h6-8H,4-5,11H2,1-3H3,(H,12,13);2*1H. The molecule has 0 radical (unpaired) electrons. The van der Waals surface area contributed by atoms with E-state index in [0.717, 1.165) is 18.7 Å². The summed E-state index contributed by atoms with van der Waals surface area (Å²) >= 11 is 0. The van der Waals surface area contributed by atoms with Crippen LogP contribution in [0.2, 0.25) is 0 Å². The number of rotatable bonds is 3. The highest BCUT2D eigenvalue weighted by molar-refractivity contribution is 5.85. The van der Waals surface area contributed by atoms with Crippen LogP contribution in [0.15, 0.2) is 12.4 Å². The van der Waals surface area contributed by atoms with Crippen LogP contribution in [0, 0.1) is 5.41 Å². The molecule has 3 N–H and O–H groups in total. The molecule has 1 heterocycles. The van der Waals surface area contributed by atoms with Crippen molar-refractivity contribution in [3.8, 4) is 0 Å². The number of hydrogen-bond acceptors (Lipinski definition) is 2. The lowest BCUT2D eigenvalue weighted by atomic mass is 9.89. The van der Waals surface area contributed by atoms with E-state index in [9.17, 15) is 0 Å². The first-order chi connectivity index (χ1) is 5.99. The van der Waals surface area contributed by atoms with Crippen LogP contribution in [-0.4, -0.2) is 9.97 Å². The number of nitrogens with zero attached hydrogens (tertiary/aromatic N) is 1. The van der Waals surface area contributed by atoms with E-state index in [2.05, 4.69) is 30.7 Å². The molecule has 15 heavy (non-hydrogen) atoms. The van der Waals surface area contributed by atoms with E-state index in [0.29, 0.717) is 5.41 Å². The van der Waals surface area contributed by atoms with Gasteiger partial charge in [0.05, 0.1) is 6.04 Å². The molecule has 90 valence electrons. The SMILES string of the molecule is CC(C)(C)CCC(N)c1ncc[nH]1.Cl.Cl. The lowest BCUT2D eigenvalue weighted by Gasteiger charge is -2.19. The monoisotopic (exact) mass is 253 g/mol. The van der Waals surface area contributed by atoms with Gasteiger partial charge in [0.2, 0.25) is 0 Å². The first kappa shape index (κ1) is 17.2. The highest BCUT2D eigenvalue weighted by Crippen LogP contribution is 2.24. The summed E-state index contributed by atoms with van der Waals surface area (Å²) in [4.78, 5) is 7.17. The van der Waals surface area contributed by atoms with Gasteiger partial charge >= 0.3 is 0 Å². The van der Waals surface area contributed by atoms with Crippen LogP contribution in [0.5, 0.6) is 0 Å². The molecule has 0 aliphatic heterocycles. The Morgan fingerprint density at radius 1 is 1.40 bits per heavy atom. The smallest absolute Gasteiger partial charge is 0.123 e. The van der Waals surface area contributed by atoms with Gasteiger partial charge in [-0.1, -0.05) is 20.8 Å². The van der Waals surface area contributed by atoms with Gasteiger partial charge in [0.25, 0.3) is 0 Å². The summed E-state index contributed by atoms with van der Waals surface area (Å²) in [5.41, 5.74) is 6.30. The van der Waals surface area contributed by atoms with E-state index in [4.69, 9.17) is 5.73 Å². The second-order valence-electron chi connectivity index (χ2n) is 4.68. The molecule has 0 aliphatic carbocycles. The number of halogens is 2. The van der Waals surface area contributed by atoms with E-state index in [1.165, 1.54) is 0 Å². The highest BCUT2D eigenvalue weighted by Gasteiger charge is 2.14. The van der Waals surface area contributed by atoms with Crippen LogP contribution < -0.4 is 5.73 Å². The van der Waals surface area contributed by atoms with Crippen molar-refractivity contribution < 1.29 is 0 Å². The Labute approximate surface area is 104 Å². The average Bonchev–Trinajstić information content (AvgIpc) is 2.50. The minimum Gasteiger partial charge on any atom is -0.347 e. The van der Waals surface area contributed by atoms with Gasteiger partial charge in [-0.2, -0.15) is 0 Å². The van der Waals surface area contributed by atoms with Crippen LogP contribution in [0.4, 0.5) is 0 Å². The molecule has 1 aromatic rings. The quantitative estimate of drug-likeness (QED) is 0.870. The molecule has 1 atom stereocenters. The molecule has 0 saturated carbocycles. The van der Waals surface area contributed by atoms with Gasteiger partial charge in [-0.3, -0.25) is 0 Å². The fourth-order valence-electron chi connectivity index (χ4n) is 1.21. The third-order valence-corrected chi connectivity index (χ3v) is 2.08. The number of H-pyrrole nitrogens is 1. The molecule has 1 unspecified atom stereocenters. The van der Waals surface area contributed by atoms with Crippen molar-refractivity contribution in [3.63, 3.8) is 0 Å². The Bertz CT molecular complexity index is 242. The van der Waals surface area contributed by atoms with Crippen molar-refractivity contribution in [3.05, 3.63) is 18.2 Å². The third kappa shape index (κ3) is 6.77. The van der Waals surface area contributed by atoms with Gasteiger partial charge in [0.1, 0.15) is 5.82 Å². The molecule has 1 rings (SSSR count). The Hall–Kier alpha value is -0.250. The predicted octanol–water partition coefficient (Wildman–Crippen LogP) is 3.08. The van der Waals surface area contributed by atoms with Crippen molar-refractivity contribution in [1.82, 2.24) is 9.97 Å². The summed E-state index contributed by atoms with van der Waals surface area (Å²) in [5, 5.41) is 0. The van der Waals surface area contributed by atoms with E-state index >= 15 is 0 Å². The molecule has 0 spiro atoms. The lowest BCUT2D eigenvalue weighted by Crippen LogP contribution is -2.15. The van der Waals surface area contributed by atoms with E-state index in [1.807, 2.05) is 6.20 Å². The number of nitrogens with one attached hydrogen (secondary N) is 1. The second kappa shape index (κ2) is 7.09. The molecule has 0 aliphatic rings. The molecule has 0 bridgehead atoms. The minimum absolute atomic E-state index is 0. The van der Waals surface area contributed by atoms with Gasteiger partial charge in [0, 0.05) is 12.4 Å². The van der Waals surface area contributed by atoms with Crippen molar-refractivity contribution >= 4 is 24.8 Å². The molecule has 0 aromatic carbocycles. The fourth-order valence-corrected chi connectivity index (χ4v) is 1.21. The number of hydrogen-bond donors (Lipinski definition) is 2. The van der Waals surface area contributed by atoms with Crippen molar-refractivity contribution in [2.75, 3.05) is 0 Å². The zero-order valence-electron chi connectivity index (χ0n) is 9.49. The maximum absolute atomic E-state index is 5.95. The van der Waals surface area contributed by atoms with E-state index < -0.39 is 0 Å². The first-order valence-electron chi connectivity index (χ1n) is 4.74. The zero-order chi connectivity index (χ0) is 9.90. The van der Waals surface area contributed by atoms with Gasteiger partial charge in [-0.15, -0.1) is 24.8 Å². The largest absolute Gasteiger partial charge is 0.347 e. The van der Waals surface area contributed by atoms with Crippen molar-refractivity contribution in [1.29, 1.82) is 0 Å². The van der Waals surface area contributed by atoms with E-state index in [1.54, 1.807) is 6.20 Å². The molecule has 5 heteroatoms. The molecule has 0 saturated heterocycles. The van der Waals surface area contributed by atoms with Gasteiger partial charge < -0.3 is 10.7 Å². The van der Waals surface area contributed by atoms with Crippen molar-refractivity contribution in [2.24, 2.45) is 11.1 Å². The lowest BCUT2D eigenvalue weighted by molar-refractivity contribution is 0.347. The van der Waals surface area contributed by atoms with Crippen molar-refractivity contribution in [2.45, 2.75) is 39.7 Å². The minimum atomic E-state index is 0. The summed E-state index contributed by atoms with van der Waals surface area (Å²) in [7, 11) is 0. The Balaban J connectivity index is 0. The zero-order valence-corrected chi connectivity index (χ0v) is 11.1. The van der Waals surface area contributed by atoms with Gasteiger partial charge in [-0.25, -0.2) is 4.98 Å². The van der Waals surface area contributed by atoms with Crippen LogP contribution in [0.3, 0.4) is 0 Å². The maximum atomic E-state index is 5.95. The summed E-state index contributed by atoms with van der Waals surface area (Å²) in [5.74, 6) is 0.893. The second-order valence-corrected chi connectivity index (χ2v) is 4.68. The summed E-state index contributed by atoms with van der Waals surface area (Å²) < 4.78 is 0. The third-order valence-electron chi connectivity index (χ3n) is 2.08. The van der Waals surface area contributed by atoms with Gasteiger partial charge in [-0.05, 0) is 18.3 Å². The molecular weight excluding hydrogens is 233 g/mol. The summed E-state index contributed by atoms with van der Waals surface area (Å²) in [6.07, 6.45) is 5.66. The Kier molecular flexibility index (Phi) is 8.11. The summed E-state index contributed by atoms with van der Waals surface area (Å²) in [6, 6.07) is 0.0502. The first-order valence-corrected chi connectivity index (χ1v) is 4.74. The number of nitrogens with two attached hydrogens (primary N) is 1. The Morgan fingerprint density at radius 3 is 2.40 bits per heavy atom. The fraction of sp³-hybridized carbons (Fsp3) is 0.700. The topological polar surface area (TPSA) is 54.7 Å². The van der Waals surface area contributed by atoms with Crippen LogP contribution in [0.25, 0.3) is 0 Å². The molecule has 3 nitrogen and oxygen atoms in total. The van der Waals surface area contributed by atoms with Crippen LogP contribution in [-0.2, 0) is 0 Å². The molecular formula is C10H21Cl2N3.